The van der Waals surface area contributed by atoms with Crippen LogP contribution in [-0.4, -0.2) is 41.7 Å². The lowest BCUT2D eigenvalue weighted by molar-refractivity contribution is -0.137. The third-order valence-electron chi connectivity index (χ3n) is 5.65. The number of carboxylic acids is 1. The van der Waals surface area contributed by atoms with E-state index in [1.165, 1.54) is 16.7 Å². The van der Waals surface area contributed by atoms with E-state index in [-0.39, 0.29) is 18.6 Å². The van der Waals surface area contributed by atoms with E-state index in [2.05, 4.69) is 60.4 Å². The van der Waals surface area contributed by atoms with Gasteiger partial charge < -0.3 is 14.7 Å². The van der Waals surface area contributed by atoms with Crippen LogP contribution in [0.15, 0.2) is 54.6 Å². The average Bonchev–Trinajstić information content (AvgIpc) is 2.74. The normalized spacial score (nSPS) is 16.6. The molecule has 0 radical (unpaired) electrons. The molecule has 1 unspecified atom stereocenters. The molecule has 1 atom stereocenters. The second-order valence-corrected chi connectivity index (χ2v) is 7.96. The monoisotopic (exact) mass is 395 g/mol. The Morgan fingerprint density at radius 1 is 1.07 bits per heavy atom. The van der Waals surface area contributed by atoms with Gasteiger partial charge in [-0.05, 0) is 48.9 Å². The number of carbonyl (C=O) groups is 1. The lowest BCUT2D eigenvalue weighted by Gasteiger charge is -2.34. The maximum Gasteiger partial charge on any atom is 0.303 e. The number of aryl methyl sites for hydroxylation is 1. The molecule has 1 heterocycles. The minimum Gasteiger partial charge on any atom is -0.481 e. The Bertz CT molecular complexity index is 736. The highest BCUT2D eigenvalue weighted by Crippen LogP contribution is 2.30. The number of carboxylic acid groups (broad SMARTS) is 1. The molecule has 4 heteroatoms. The fourth-order valence-electron chi connectivity index (χ4n) is 4.04. The molecule has 2 aromatic rings. The molecule has 0 bridgehead atoms. The van der Waals surface area contributed by atoms with Crippen molar-refractivity contribution in [1.29, 1.82) is 0 Å². The Kier molecular flexibility index (Phi) is 8.26. The highest BCUT2D eigenvalue weighted by molar-refractivity contribution is 5.66. The van der Waals surface area contributed by atoms with Gasteiger partial charge in [0.05, 0.1) is 6.10 Å². The molecule has 2 aromatic carbocycles. The molecule has 1 aliphatic heterocycles. The van der Waals surface area contributed by atoms with E-state index < -0.39 is 5.97 Å². The molecule has 3 rings (SSSR count). The molecule has 0 saturated carbocycles. The molecule has 1 saturated heterocycles. The molecule has 4 nitrogen and oxygen atoms in total. The van der Waals surface area contributed by atoms with Crippen molar-refractivity contribution in [3.63, 3.8) is 0 Å². The molecule has 1 N–H and O–H groups in total. The van der Waals surface area contributed by atoms with E-state index in [0.29, 0.717) is 0 Å². The van der Waals surface area contributed by atoms with E-state index in [0.717, 1.165) is 51.7 Å². The minimum absolute atomic E-state index is 0.0459. The van der Waals surface area contributed by atoms with Gasteiger partial charge in [0.1, 0.15) is 6.10 Å². The largest absolute Gasteiger partial charge is 0.481 e. The molecular formula is C25H33NO3. The highest BCUT2D eigenvalue weighted by Gasteiger charge is 2.24. The molecule has 0 spiro atoms. The van der Waals surface area contributed by atoms with Gasteiger partial charge in [-0.3, -0.25) is 4.79 Å². The van der Waals surface area contributed by atoms with Crippen molar-refractivity contribution in [2.45, 2.75) is 57.7 Å². The molecule has 156 valence electrons. The predicted molar refractivity (Wildman–Crippen MR) is 116 cm³/mol. The predicted octanol–water partition coefficient (Wildman–Crippen LogP) is 5.07. The molecule has 0 aromatic heterocycles. The van der Waals surface area contributed by atoms with Gasteiger partial charge in [-0.15, -0.1) is 0 Å². The van der Waals surface area contributed by atoms with Crippen LogP contribution in [0.1, 0.15) is 61.8 Å². The van der Waals surface area contributed by atoms with Gasteiger partial charge in [0, 0.05) is 19.5 Å². The van der Waals surface area contributed by atoms with Crippen molar-refractivity contribution in [2.24, 2.45) is 0 Å². The van der Waals surface area contributed by atoms with Crippen LogP contribution < -0.4 is 0 Å². The summed E-state index contributed by atoms with van der Waals surface area (Å²) in [7, 11) is 0. The fraction of sp³-hybridized carbons (Fsp3) is 0.480. The van der Waals surface area contributed by atoms with Gasteiger partial charge in [-0.1, -0.05) is 67.9 Å². The van der Waals surface area contributed by atoms with Crippen molar-refractivity contribution in [1.82, 2.24) is 4.90 Å². The number of likely N-dealkylation sites (tertiary alicyclic amines) is 1. The van der Waals surface area contributed by atoms with Crippen LogP contribution in [0.25, 0.3) is 0 Å². The SMILES string of the molecule is CCCc1ccc(C(OC2CCN(CCCC(=O)O)CC2)c2ccccc2)cc1. The molecule has 0 amide bonds. The maximum atomic E-state index is 10.7. The van der Waals surface area contributed by atoms with Gasteiger partial charge in [-0.2, -0.15) is 0 Å². The van der Waals surface area contributed by atoms with Crippen LogP contribution in [0.2, 0.25) is 0 Å². The molecule has 1 aliphatic rings. The minimum atomic E-state index is -0.709. The molecule has 1 fully saturated rings. The van der Waals surface area contributed by atoms with Gasteiger partial charge in [0.2, 0.25) is 0 Å². The number of nitrogens with zero attached hydrogens (tertiary/aromatic N) is 1. The average molecular weight is 396 g/mol. The smallest absolute Gasteiger partial charge is 0.303 e. The summed E-state index contributed by atoms with van der Waals surface area (Å²) in [5.41, 5.74) is 3.78. The zero-order chi connectivity index (χ0) is 20.5. The van der Waals surface area contributed by atoms with E-state index in [4.69, 9.17) is 9.84 Å². The van der Waals surface area contributed by atoms with Crippen LogP contribution in [0, 0.1) is 0 Å². The first kappa shape index (κ1) is 21.5. The van der Waals surface area contributed by atoms with Crippen molar-refractivity contribution in [2.75, 3.05) is 19.6 Å². The van der Waals surface area contributed by atoms with Crippen LogP contribution in [-0.2, 0) is 16.0 Å². The number of rotatable bonds is 10. The van der Waals surface area contributed by atoms with Crippen LogP contribution in [0.5, 0.6) is 0 Å². The number of aliphatic carboxylic acids is 1. The Balaban J connectivity index is 1.62. The maximum absolute atomic E-state index is 10.7. The van der Waals surface area contributed by atoms with Gasteiger partial charge in [0.15, 0.2) is 0 Å². The third-order valence-corrected chi connectivity index (χ3v) is 5.65. The molecule has 29 heavy (non-hydrogen) atoms. The van der Waals surface area contributed by atoms with Crippen molar-refractivity contribution >= 4 is 5.97 Å². The first-order valence-electron chi connectivity index (χ1n) is 10.9. The number of piperidine rings is 1. The zero-order valence-electron chi connectivity index (χ0n) is 17.4. The number of ether oxygens (including phenoxy) is 1. The van der Waals surface area contributed by atoms with E-state index in [1.54, 1.807) is 0 Å². The van der Waals surface area contributed by atoms with E-state index in [1.807, 2.05) is 6.07 Å². The van der Waals surface area contributed by atoms with Crippen molar-refractivity contribution in [3.8, 4) is 0 Å². The quantitative estimate of drug-likeness (QED) is 0.610. The number of hydrogen-bond donors (Lipinski definition) is 1. The van der Waals surface area contributed by atoms with E-state index >= 15 is 0 Å². The number of hydrogen-bond acceptors (Lipinski definition) is 3. The first-order chi connectivity index (χ1) is 14.2. The fourth-order valence-corrected chi connectivity index (χ4v) is 4.04. The lowest BCUT2D eigenvalue weighted by atomic mass is 9.98. The molecular weight excluding hydrogens is 362 g/mol. The summed E-state index contributed by atoms with van der Waals surface area (Å²) in [5.74, 6) is -0.709. The Hall–Kier alpha value is -2.17. The third kappa shape index (κ3) is 6.69. The van der Waals surface area contributed by atoms with Crippen molar-refractivity contribution in [3.05, 3.63) is 71.3 Å². The van der Waals surface area contributed by atoms with Gasteiger partial charge in [0.25, 0.3) is 0 Å². The summed E-state index contributed by atoms with van der Waals surface area (Å²) in [4.78, 5) is 13.1. The Labute approximate surface area is 174 Å². The lowest BCUT2D eigenvalue weighted by Crippen LogP contribution is -2.38. The first-order valence-corrected chi connectivity index (χ1v) is 10.9. The Morgan fingerprint density at radius 2 is 1.72 bits per heavy atom. The summed E-state index contributed by atoms with van der Waals surface area (Å²) in [6.45, 7) is 5.01. The van der Waals surface area contributed by atoms with Gasteiger partial charge in [-0.25, -0.2) is 0 Å². The zero-order valence-corrected chi connectivity index (χ0v) is 17.4. The summed E-state index contributed by atoms with van der Waals surface area (Å²) in [5, 5.41) is 8.81. The summed E-state index contributed by atoms with van der Waals surface area (Å²) >= 11 is 0. The van der Waals surface area contributed by atoms with Crippen LogP contribution in [0.4, 0.5) is 0 Å². The number of benzene rings is 2. The second kappa shape index (κ2) is 11.1. The van der Waals surface area contributed by atoms with Crippen LogP contribution >= 0.6 is 0 Å². The Morgan fingerprint density at radius 3 is 2.34 bits per heavy atom. The van der Waals surface area contributed by atoms with Gasteiger partial charge >= 0.3 is 5.97 Å². The summed E-state index contributed by atoms with van der Waals surface area (Å²) in [6, 6.07) is 19.3. The van der Waals surface area contributed by atoms with E-state index in [9.17, 15) is 4.79 Å². The summed E-state index contributed by atoms with van der Waals surface area (Å²) in [6.07, 6.45) is 5.40. The second-order valence-electron chi connectivity index (χ2n) is 7.96. The topological polar surface area (TPSA) is 49.8 Å². The standard InChI is InChI=1S/C25H33NO3/c1-2-7-20-11-13-22(14-12-20)25(21-8-4-3-5-9-21)29-23-15-18-26(19-16-23)17-6-10-24(27)28/h3-5,8-9,11-14,23,25H,2,6-7,10,15-19H2,1H3,(H,27,28). The van der Waals surface area contributed by atoms with Crippen molar-refractivity contribution < 1.29 is 14.6 Å². The summed E-state index contributed by atoms with van der Waals surface area (Å²) < 4.78 is 6.63. The van der Waals surface area contributed by atoms with Crippen LogP contribution in [0.3, 0.4) is 0 Å². The highest BCUT2D eigenvalue weighted by atomic mass is 16.5. The molecule has 0 aliphatic carbocycles.